The zero-order chi connectivity index (χ0) is 11.0. The Morgan fingerprint density at radius 3 is 2.69 bits per heavy atom. The zero-order valence-corrected chi connectivity index (χ0v) is 9.06. The van der Waals surface area contributed by atoms with Gasteiger partial charge in [0.1, 0.15) is 6.33 Å². The molecule has 5 heteroatoms. The fraction of sp³-hybridized carbons (Fsp3) is 0. The van der Waals surface area contributed by atoms with Gasteiger partial charge in [-0.1, -0.05) is 23.2 Å². The molecule has 0 radical (unpaired) electrons. The first-order valence-corrected chi connectivity index (χ1v) is 5.18. The highest BCUT2D eigenvalue weighted by atomic mass is 32.1. The first-order chi connectivity index (χ1) is 7.86. The van der Waals surface area contributed by atoms with E-state index >= 15 is 0 Å². The van der Waals surface area contributed by atoms with Crippen LogP contribution in [-0.2, 0) is 12.6 Å². The molecule has 0 N–H and O–H groups in total. The maximum atomic E-state index is 5.11. The van der Waals surface area contributed by atoms with Gasteiger partial charge in [0.2, 0.25) is 0 Å². The van der Waals surface area contributed by atoms with Crippen LogP contribution in [0.15, 0.2) is 47.9 Å². The number of nitrogens with zero attached hydrogens (tertiary/aromatic N) is 4. The summed E-state index contributed by atoms with van der Waals surface area (Å²) < 4.78 is 1.76. The molecule has 0 aliphatic heterocycles. The van der Waals surface area contributed by atoms with Crippen molar-refractivity contribution in [3.8, 4) is 5.69 Å². The molecule has 0 fully saturated rings. The summed E-state index contributed by atoms with van der Waals surface area (Å²) >= 11 is 5.11. The minimum Gasteiger partial charge on any atom is -0.759 e. The van der Waals surface area contributed by atoms with Crippen LogP contribution in [0.2, 0.25) is 0 Å². The Labute approximate surface area is 97.4 Å². The van der Waals surface area contributed by atoms with Crippen molar-refractivity contribution in [3.05, 3.63) is 42.9 Å². The van der Waals surface area contributed by atoms with Gasteiger partial charge >= 0.3 is 0 Å². The van der Waals surface area contributed by atoms with E-state index in [-0.39, 0.29) is 0 Å². The van der Waals surface area contributed by atoms with E-state index in [1.165, 1.54) is 6.33 Å². The van der Waals surface area contributed by atoms with E-state index in [9.17, 15) is 0 Å². The van der Waals surface area contributed by atoms with Crippen LogP contribution in [0.4, 0.5) is 0 Å². The summed E-state index contributed by atoms with van der Waals surface area (Å²) in [6.07, 6.45) is 3.16. The summed E-state index contributed by atoms with van der Waals surface area (Å²) in [6, 6.07) is 9.81. The maximum absolute atomic E-state index is 5.11. The molecule has 4 nitrogen and oxygen atoms in total. The van der Waals surface area contributed by atoms with Gasteiger partial charge in [0, 0.05) is 5.39 Å². The van der Waals surface area contributed by atoms with E-state index < -0.39 is 0 Å². The standard InChI is InChI=1S/C11H8N4S/c16-11-9-6-14-15(10(9)12-7-13-11)8-4-2-1-3-5-8/h1-7H,(H,12,13,16)/p-1. The number of hydrogen-bond donors (Lipinski definition) is 0. The molecule has 0 bridgehead atoms. The Kier molecular flexibility index (Phi) is 2.04. The molecule has 78 valence electrons. The lowest BCUT2D eigenvalue weighted by Crippen LogP contribution is -1.97. The fourth-order valence-electron chi connectivity index (χ4n) is 1.58. The van der Waals surface area contributed by atoms with Crippen LogP contribution < -0.4 is 0 Å². The second-order valence-corrected chi connectivity index (χ2v) is 3.69. The molecule has 0 spiro atoms. The van der Waals surface area contributed by atoms with Crippen molar-refractivity contribution in [1.29, 1.82) is 0 Å². The van der Waals surface area contributed by atoms with Crippen LogP contribution in [0, 0.1) is 0 Å². The first kappa shape index (κ1) is 9.23. The smallest absolute Gasteiger partial charge is 0.164 e. The number of fused-ring (bicyclic) bond motifs is 1. The van der Waals surface area contributed by atoms with Crippen LogP contribution in [0.1, 0.15) is 0 Å². The highest BCUT2D eigenvalue weighted by molar-refractivity contribution is 7.59. The van der Waals surface area contributed by atoms with E-state index in [4.69, 9.17) is 12.6 Å². The third kappa shape index (κ3) is 1.33. The van der Waals surface area contributed by atoms with E-state index in [1.54, 1.807) is 10.9 Å². The van der Waals surface area contributed by atoms with Crippen molar-refractivity contribution in [2.45, 2.75) is 5.03 Å². The van der Waals surface area contributed by atoms with Crippen molar-refractivity contribution in [2.75, 3.05) is 0 Å². The summed E-state index contributed by atoms with van der Waals surface area (Å²) in [5.41, 5.74) is 1.71. The average molecular weight is 227 g/mol. The predicted molar refractivity (Wildman–Crippen MR) is 62.3 cm³/mol. The van der Waals surface area contributed by atoms with Gasteiger partial charge in [0.25, 0.3) is 0 Å². The molecule has 1 aromatic carbocycles. The van der Waals surface area contributed by atoms with Crippen LogP contribution >= 0.6 is 0 Å². The molecule has 0 saturated heterocycles. The van der Waals surface area contributed by atoms with Crippen LogP contribution in [0.5, 0.6) is 0 Å². The molecule has 0 amide bonds. The molecule has 0 atom stereocenters. The molecule has 3 rings (SSSR count). The Morgan fingerprint density at radius 1 is 1.06 bits per heavy atom. The van der Waals surface area contributed by atoms with E-state index in [1.807, 2.05) is 30.3 Å². The highest BCUT2D eigenvalue weighted by Gasteiger charge is 2.05. The largest absolute Gasteiger partial charge is 0.759 e. The lowest BCUT2D eigenvalue weighted by molar-refractivity contribution is 0.893. The Hall–Kier alpha value is -2.01. The van der Waals surface area contributed by atoms with Crippen LogP contribution in [-0.4, -0.2) is 19.7 Å². The molecule has 3 aromatic rings. The van der Waals surface area contributed by atoms with Gasteiger partial charge in [0.05, 0.1) is 11.9 Å². The summed E-state index contributed by atoms with van der Waals surface area (Å²) in [7, 11) is 0. The predicted octanol–water partition coefficient (Wildman–Crippen LogP) is 1.72. The topological polar surface area (TPSA) is 43.6 Å². The molecule has 0 aliphatic rings. The Morgan fingerprint density at radius 2 is 1.88 bits per heavy atom. The highest BCUT2D eigenvalue weighted by Crippen LogP contribution is 2.17. The van der Waals surface area contributed by atoms with Crippen LogP contribution in [0.25, 0.3) is 16.7 Å². The van der Waals surface area contributed by atoms with Crippen molar-refractivity contribution < 1.29 is 0 Å². The SMILES string of the molecule is [S-]c1ncnc2c1cnn2-c1ccccc1. The van der Waals surface area contributed by atoms with E-state index in [0.717, 1.165) is 16.7 Å². The second-order valence-electron chi connectivity index (χ2n) is 3.31. The monoisotopic (exact) mass is 227 g/mol. The fourth-order valence-corrected chi connectivity index (χ4v) is 1.77. The van der Waals surface area contributed by atoms with Gasteiger partial charge in [-0.2, -0.15) is 5.10 Å². The van der Waals surface area contributed by atoms with Crippen molar-refractivity contribution >= 4 is 23.7 Å². The number of hydrogen-bond acceptors (Lipinski definition) is 4. The number of aromatic nitrogens is 4. The quantitative estimate of drug-likeness (QED) is 0.469. The molecule has 0 aliphatic carbocycles. The molecule has 0 saturated carbocycles. The lowest BCUT2D eigenvalue weighted by Gasteiger charge is -2.05. The third-order valence-electron chi connectivity index (χ3n) is 2.33. The molecule has 2 aromatic heterocycles. The third-order valence-corrected chi connectivity index (χ3v) is 2.66. The summed E-state index contributed by atoms with van der Waals surface area (Å²) in [6.45, 7) is 0. The van der Waals surface area contributed by atoms with Crippen molar-refractivity contribution in [2.24, 2.45) is 0 Å². The lowest BCUT2D eigenvalue weighted by atomic mass is 10.3. The summed E-state index contributed by atoms with van der Waals surface area (Å²) in [4.78, 5) is 8.17. The van der Waals surface area contributed by atoms with Gasteiger partial charge in [-0.3, -0.25) is 4.98 Å². The number of para-hydroxylation sites is 1. The summed E-state index contributed by atoms with van der Waals surface area (Å²) in [5, 5.41) is 5.62. The number of benzene rings is 1. The van der Waals surface area contributed by atoms with Crippen molar-refractivity contribution in [3.63, 3.8) is 0 Å². The Balaban J connectivity index is 2.30. The molecular formula is C11H7N4S-. The molecule has 16 heavy (non-hydrogen) atoms. The van der Waals surface area contributed by atoms with Gasteiger partial charge in [-0.05, 0) is 12.1 Å². The molecule has 2 heterocycles. The second kappa shape index (κ2) is 3.53. The molecule has 0 unspecified atom stereocenters. The average Bonchev–Trinajstić information content (AvgIpc) is 2.75. The van der Waals surface area contributed by atoms with Crippen LogP contribution in [0.3, 0.4) is 0 Å². The molecular weight excluding hydrogens is 220 g/mol. The van der Waals surface area contributed by atoms with Gasteiger partial charge in [-0.15, -0.1) is 0 Å². The zero-order valence-electron chi connectivity index (χ0n) is 8.24. The van der Waals surface area contributed by atoms with Gasteiger partial charge in [-0.25, -0.2) is 9.67 Å². The number of rotatable bonds is 1. The van der Waals surface area contributed by atoms with Crippen molar-refractivity contribution in [1.82, 2.24) is 19.7 Å². The maximum Gasteiger partial charge on any atom is 0.164 e. The normalized spacial score (nSPS) is 10.8. The van der Waals surface area contributed by atoms with Gasteiger partial charge < -0.3 is 12.6 Å². The minimum absolute atomic E-state index is 0.534. The minimum atomic E-state index is 0.534. The first-order valence-electron chi connectivity index (χ1n) is 4.77. The summed E-state index contributed by atoms with van der Waals surface area (Å²) in [5.74, 6) is 0. The van der Waals surface area contributed by atoms with Gasteiger partial charge in [0.15, 0.2) is 5.65 Å². The Bertz CT molecular complexity index is 633. The van der Waals surface area contributed by atoms with E-state index in [2.05, 4.69) is 15.1 Å². The van der Waals surface area contributed by atoms with E-state index in [0.29, 0.717) is 5.03 Å².